The van der Waals surface area contributed by atoms with Crippen LogP contribution >= 0.6 is 0 Å². The number of pyridine rings is 1. The van der Waals surface area contributed by atoms with Gasteiger partial charge in [0, 0.05) is 36.2 Å². The minimum Gasteiger partial charge on any atom is -1.00 e. The van der Waals surface area contributed by atoms with Crippen molar-refractivity contribution in [2.24, 2.45) is 0 Å². The molecule has 1 aromatic carbocycles. The molecule has 36 heavy (non-hydrogen) atoms. The Bertz CT molecular complexity index is 1130. The van der Waals surface area contributed by atoms with E-state index in [1.807, 2.05) is 54.8 Å². The van der Waals surface area contributed by atoms with Gasteiger partial charge in [0.15, 0.2) is 5.82 Å². The molecule has 2 atom stereocenters. The molecule has 0 saturated heterocycles. The summed E-state index contributed by atoms with van der Waals surface area (Å²) in [5.41, 5.74) is 3.10. The number of rotatable bonds is 12. The van der Waals surface area contributed by atoms with Crippen LogP contribution in [0.15, 0.2) is 54.9 Å². The molecular formula is C26H33N4NaO5. The molecule has 0 aliphatic carbocycles. The zero-order chi connectivity index (χ0) is 25.4. The molecule has 4 N–H and O–H groups in total. The van der Waals surface area contributed by atoms with Crippen molar-refractivity contribution in [2.45, 2.75) is 64.3 Å². The third kappa shape index (κ3) is 8.25. The Morgan fingerprint density at radius 2 is 1.81 bits per heavy atom. The number of carbonyl (C=O) groups excluding carboxylic acids is 1. The fourth-order valence-electron chi connectivity index (χ4n) is 4.03. The van der Waals surface area contributed by atoms with Crippen LogP contribution in [0.5, 0.6) is 0 Å². The largest absolute Gasteiger partial charge is 1.00 e. The molecule has 9 nitrogen and oxygen atoms in total. The van der Waals surface area contributed by atoms with Gasteiger partial charge in [-0.25, -0.2) is 4.98 Å². The maximum atomic E-state index is 13.2. The van der Waals surface area contributed by atoms with Gasteiger partial charge in [0.1, 0.15) is 0 Å². The van der Waals surface area contributed by atoms with Gasteiger partial charge in [-0.1, -0.05) is 30.3 Å². The first-order valence-corrected chi connectivity index (χ1v) is 11.7. The standard InChI is InChI=1S/C26H32N4O5.Na.H/c1-17(2)30-22(11-10-20(31)13-21(32)14-23(33)34)24(19-9-6-12-27-16-19)29-25(30)26(35)28-15-18-7-4-3-5-8-18;;/h3-9,12,16-17,20-21,31-32H,10-11,13-15H2,1-2H3,(H,28,35)(H,33,34);;/q;+1;-1/t20-,21-;;/m1../s1. The van der Waals surface area contributed by atoms with Gasteiger partial charge in [0.2, 0.25) is 0 Å². The monoisotopic (exact) mass is 504 g/mol. The topological polar surface area (TPSA) is 138 Å². The number of carbonyl (C=O) groups is 2. The molecule has 2 aromatic heterocycles. The van der Waals surface area contributed by atoms with E-state index in [0.29, 0.717) is 18.7 Å². The van der Waals surface area contributed by atoms with Gasteiger partial charge >= 0.3 is 35.5 Å². The number of aliphatic carboxylic acids is 1. The number of carboxylic acid groups (broad SMARTS) is 1. The minimum absolute atomic E-state index is 0. The SMILES string of the molecule is CC(C)n1c(C(=O)NCc2ccccc2)nc(-c2cccnc2)c1CC[C@@H](O)C[C@@H](O)CC(=O)O.[H-].[Na+]. The van der Waals surface area contributed by atoms with Crippen molar-refractivity contribution in [3.8, 4) is 11.3 Å². The van der Waals surface area contributed by atoms with E-state index in [1.165, 1.54) is 0 Å². The number of hydrogen-bond donors (Lipinski definition) is 4. The fourth-order valence-corrected chi connectivity index (χ4v) is 4.03. The van der Waals surface area contributed by atoms with Crippen molar-refractivity contribution in [3.63, 3.8) is 0 Å². The summed E-state index contributed by atoms with van der Waals surface area (Å²) in [4.78, 5) is 32.9. The van der Waals surface area contributed by atoms with Gasteiger partial charge < -0.3 is 26.6 Å². The van der Waals surface area contributed by atoms with Gasteiger partial charge in [-0.15, -0.1) is 0 Å². The average molecular weight is 505 g/mol. The number of nitrogens with one attached hydrogen (secondary N) is 1. The van der Waals surface area contributed by atoms with Crippen molar-refractivity contribution < 1.29 is 55.9 Å². The van der Waals surface area contributed by atoms with Crippen molar-refractivity contribution in [2.75, 3.05) is 0 Å². The quantitative estimate of drug-likeness (QED) is 0.257. The number of carboxylic acids is 1. The average Bonchev–Trinajstić information content (AvgIpc) is 3.22. The van der Waals surface area contributed by atoms with Crippen LogP contribution in [0, 0.1) is 0 Å². The van der Waals surface area contributed by atoms with Crippen LogP contribution in [0.3, 0.4) is 0 Å². The third-order valence-electron chi connectivity index (χ3n) is 5.63. The van der Waals surface area contributed by atoms with E-state index in [4.69, 9.17) is 10.1 Å². The van der Waals surface area contributed by atoms with E-state index in [1.54, 1.807) is 18.5 Å². The summed E-state index contributed by atoms with van der Waals surface area (Å²) < 4.78 is 1.86. The zero-order valence-electron chi connectivity index (χ0n) is 22.0. The number of benzene rings is 1. The molecule has 0 saturated carbocycles. The van der Waals surface area contributed by atoms with Crippen molar-refractivity contribution in [3.05, 3.63) is 71.9 Å². The Labute approximate surface area is 234 Å². The van der Waals surface area contributed by atoms with E-state index in [0.717, 1.165) is 16.8 Å². The van der Waals surface area contributed by atoms with Crippen molar-refractivity contribution in [1.82, 2.24) is 19.9 Å². The Hall–Kier alpha value is -2.56. The van der Waals surface area contributed by atoms with Crippen molar-refractivity contribution >= 4 is 11.9 Å². The molecular weight excluding hydrogens is 471 g/mol. The van der Waals surface area contributed by atoms with Crippen LogP contribution in [0.2, 0.25) is 0 Å². The van der Waals surface area contributed by atoms with Gasteiger partial charge in [-0.2, -0.15) is 0 Å². The normalized spacial score (nSPS) is 12.6. The Morgan fingerprint density at radius 1 is 1.08 bits per heavy atom. The summed E-state index contributed by atoms with van der Waals surface area (Å²) in [6, 6.07) is 13.2. The Balaban J connectivity index is 0.00000342. The fraction of sp³-hybridized carbons (Fsp3) is 0.385. The first kappa shape index (κ1) is 29.7. The maximum absolute atomic E-state index is 13.2. The second kappa shape index (κ2) is 14.2. The molecule has 188 valence electrons. The predicted octanol–water partition coefficient (Wildman–Crippen LogP) is 0.0917. The van der Waals surface area contributed by atoms with E-state index < -0.39 is 24.6 Å². The number of aliphatic hydroxyl groups is 2. The number of imidazole rings is 1. The van der Waals surface area contributed by atoms with Gasteiger partial charge in [-0.3, -0.25) is 14.6 Å². The first-order valence-electron chi connectivity index (χ1n) is 11.7. The zero-order valence-corrected chi connectivity index (χ0v) is 23.0. The molecule has 0 fully saturated rings. The summed E-state index contributed by atoms with van der Waals surface area (Å²) in [5.74, 6) is -1.16. The molecule has 0 aliphatic rings. The van der Waals surface area contributed by atoms with Crippen LogP contribution in [0.4, 0.5) is 0 Å². The molecule has 3 rings (SSSR count). The summed E-state index contributed by atoms with van der Waals surface area (Å²) in [6.07, 6.45) is 1.48. The summed E-state index contributed by atoms with van der Waals surface area (Å²) in [5, 5.41) is 32.1. The van der Waals surface area contributed by atoms with Gasteiger partial charge in [0.25, 0.3) is 5.91 Å². The Kier molecular flexibility index (Phi) is 11.7. The van der Waals surface area contributed by atoms with Crippen LogP contribution in [0.25, 0.3) is 11.3 Å². The third-order valence-corrected chi connectivity index (χ3v) is 5.63. The summed E-state index contributed by atoms with van der Waals surface area (Å²) in [6.45, 7) is 4.28. The molecule has 2 heterocycles. The molecule has 3 aromatic rings. The smallest absolute Gasteiger partial charge is 1.00 e. The van der Waals surface area contributed by atoms with E-state index >= 15 is 0 Å². The van der Waals surface area contributed by atoms with Gasteiger partial charge in [0.05, 0.1) is 24.3 Å². The van der Waals surface area contributed by atoms with E-state index in [2.05, 4.69) is 10.3 Å². The Morgan fingerprint density at radius 3 is 2.42 bits per heavy atom. The van der Waals surface area contributed by atoms with E-state index in [9.17, 15) is 19.8 Å². The second-order valence-electron chi connectivity index (χ2n) is 8.78. The van der Waals surface area contributed by atoms with E-state index in [-0.39, 0.29) is 61.6 Å². The van der Waals surface area contributed by atoms with Crippen LogP contribution in [-0.2, 0) is 17.8 Å². The molecule has 10 heteroatoms. The predicted molar refractivity (Wildman–Crippen MR) is 132 cm³/mol. The minimum atomic E-state index is -1.13. The van der Waals surface area contributed by atoms with Crippen molar-refractivity contribution in [1.29, 1.82) is 0 Å². The summed E-state index contributed by atoms with van der Waals surface area (Å²) >= 11 is 0. The number of aliphatic hydroxyl groups excluding tert-OH is 2. The number of amides is 1. The molecule has 0 aliphatic heterocycles. The molecule has 1 amide bonds. The second-order valence-corrected chi connectivity index (χ2v) is 8.78. The summed E-state index contributed by atoms with van der Waals surface area (Å²) in [7, 11) is 0. The van der Waals surface area contributed by atoms with Crippen LogP contribution in [0.1, 0.15) is 62.5 Å². The first-order chi connectivity index (χ1) is 16.8. The molecule has 0 spiro atoms. The number of hydrogen-bond acceptors (Lipinski definition) is 6. The maximum Gasteiger partial charge on any atom is 1.00 e. The number of nitrogens with zero attached hydrogens (tertiary/aromatic N) is 3. The molecule has 0 bridgehead atoms. The van der Waals surface area contributed by atoms with Gasteiger partial charge in [-0.05, 0) is 50.8 Å². The molecule has 0 unspecified atom stereocenters. The molecule has 0 radical (unpaired) electrons. The number of aromatic nitrogens is 3. The van der Waals surface area contributed by atoms with Crippen LogP contribution in [-0.4, -0.2) is 53.9 Å². The van der Waals surface area contributed by atoms with Crippen LogP contribution < -0.4 is 34.9 Å².